The van der Waals surface area contributed by atoms with E-state index >= 15 is 0 Å². The lowest BCUT2D eigenvalue weighted by molar-refractivity contribution is -0.115. The molecule has 1 N–H and O–H groups in total. The van der Waals surface area contributed by atoms with Gasteiger partial charge in [-0.3, -0.25) is 4.79 Å². The number of anilines is 1. The molecule has 1 heterocycles. The number of carbonyl (C=O) groups excluding carboxylic acids is 1. The Morgan fingerprint density at radius 1 is 1.28 bits per heavy atom. The van der Waals surface area contributed by atoms with E-state index in [2.05, 4.69) is 5.32 Å². The molecule has 0 radical (unpaired) electrons. The summed E-state index contributed by atoms with van der Waals surface area (Å²) in [5, 5.41) is 2.83. The van der Waals surface area contributed by atoms with Crippen LogP contribution in [0.15, 0.2) is 18.2 Å². The Balaban J connectivity index is 1.80. The molecule has 1 aliphatic carbocycles. The fraction of sp³-hybridized carbons (Fsp3) is 0.500. The third-order valence-electron chi connectivity index (χ3n) is 3.51. The summed E-state index contributed by atoms with van der Waals surface area (Å²) < 4.78 is 11.8. The summed E-state index contributed by atoms with van der Waals surface area (Å²) >= 11 is 0. The van der Waals surface area contributed by atoms with Gasteiger partial charge in [0.15, 0.2) is 11.5 Å². The van der Waals surface area contributed by atoms with Crippen LogP contribution in [0.5, 0.6) is 11.5 Å². The zero-order valence-electron chi connectivity index (χ0n) is 10.5. The molecule has 1 aliphatic heterocycles. The molecule has 1 fully saturated rings. The van der Waals surface area contributed by atoms with Gasteiger partial charge in [0.1, 0.15) is 0 Å². The van der Waals surface area contributed by atoms with Crippen LogP contribution in [0.25, 0.3) is 0 Å². The van der Waals surface area contributed by atoms with Crippen LogP contribution in [0.4, 0.5) is 5.69 Å². The van der Waals surface area contributed by atoms with Gasteiger partial charge in [-0.05, 0) is 25.0 Å². The molecule has 96 valence electrons. The van der Waals surface area contributed by atoms with Crippen molar-refractivity contribution in [1.82, 2.24) is 0 Å². The number of amides is 1. The van der Waals surface area contributed by atoms with Crippen LogP contribution in [0, 0.1) is 0 Å². The van der Waals surface area contributed by atoms with Gasteiger partial charge >= 0.3 is 0 Å². The van der Waals surface area contributed by atoms with E-state index in [9.17, 15) is 4.79 Å². The molecule has 18 heavy (non-hydrogen) atoms. The van der Waals surface area contributed by atoms with Gasteiger partial charge in [0.25, 0.3) is 5.79 Å². The highest BCUT2D eigenvalue weighted by molar-refractivity contribution is 5.90. The van der Waals surface area contributed by atoms with Crippen molar-refractivity contribution in [2.24, 2.45) is 0 Å². The maximum atomic E-state index is 11.3. The molecule has 4 nitrogen and oxygen atoms in total. The number of hydrogen-bond acceptors (Lipinski definition) is 3. The quantitative estimate of drug-likeness (QED) is 0.873. The number of benzene rings is 1. The summed E-state index contributed by atoms with van der Waals surface area (Å²) in [4.78, 5) is 11.3. The van der Waals surface area contributed by atoms with E-state index in [1.807, 2.05) is 25.1 Å². The lowest BCUT2D eigenvalue weighted by Crippen LogP contribution is -2.34. The Morgan fingerprint density at radius 2 is 2.00 bits per heavy atom. The molecule has 1 aromatic rings. The van der Waals surface area contributed by atoms with Crippen LogP contribution in [-0.2, 0) is 4.79 Å². The molecule has 0 unspecified atom stereocenters. The van der Waals surface area contributed by atoms with Gasteiger partial charge in [0, 0.05) is 31.0 Å². The second-order valence-electron chi connectivity index (χ2n) is 4.89. The van der Waals surface area contributed by atoms with E-state index in [0.29, 0.717) is 6.42 Å². The second kappa shape index (κ2) is 4.19. The van der Waals surface area contributed by atoms with Crippen molar-refractivity contribution in [3.8, 4) is 11.5 Å². The zero-order chi connectivity index (χ0) is 12.6. The third-order valence-corrected chi connectivity index (χ3v) is 3.51. The molecule has 4 heteroatoms. The van der Waals surface area contributed by atoms with Gasteiger partial charge in [-0.25, -0.2) is 0 Å². The second-order valence-corrected chi connectivity index (χ2v) is 4.89. The van der Waals surface area contributed by atoms with Crippen molar-refractivity contribution in [3.63, 3.8) is 0 Å². The minimum Gasteiger partial charge on any atom is -0.448 e. The minimum atomic E-state index is -0.435. The first-order valence-electron chi connectivity index (χ1n) is 6.53. The molecule has 2 aliphatic rings. The van der Waals surface area contributed by atoms with Crippen molar-refractivity contribution in [1.29, 1.82) is 0 Å². The van der Waals surface area contributed by atoms with E-state index < -0.39 is 5.79 Å². The SMILES string of the molecule is CCC(=O)Nc1ccc2c(c1)OC1(CCCC1)O2. The molecular weight excluding hydrogens is 230 g/mol. The Labute approximate surface area is 106 Å². The Morgan fingerprint density at radius 3 is 2.72 bits per heavy atom. The fourth-order valence-electron chi connectivity index (χ4n) is 2.54. The first kappa shape index (κ1) is 11.4. The maximum Gasteiger partial charge on any atom is 0.251 e. The van der Waals surface area contributed by atoms with E-state index in [0.717, 1.165) is 42.9 Å². The molecule has 1 amide bonds. The highest BCUT2D eigenvalue weighted by atomic mass is 16.7. The summed E-state index contributed by atoms with van der Waals surface area (Å²) in [6.07, 6.45) is 4.65. The van der Waals surface area contributed by atoms with Gasteiger partial charge in [-0.1, -0.05) is 6.92 Å². The van der Waals surface area contributed by atoms with Crippen LogP contribution >= 0.6 is 0 Å². The van der Waals surface area contributed by atoms with Crippen LogP contribution in [0.1, 0.15) is 39.0 Å². The number of hydrogen-bond donors (Lipinski definition) is 1. The van der Waals surface area contributed by atoms with Gasteiger partial charge in [-0.2, -0.15) is 0 Å². The molecule has 1 saturated carbocycles. The van der Waals surface area contributed by atoms with Crippen LogP contribution < -0.4 is 14.8 Å². The summed E-state index contributed by atoms with van der Waals surface area (Å²) in [6, 6.07) is 5.56. The summed E-state index contributed by atoms with van der Waals surface area (Å²) in [7, 11) is 0. The molecule has 0 aromatic heterocycles. The van der Waals surface area contributed by atoms with Gasteiger partial charge < -0.3 is 14.8 Å². The number of rotatable bonds is 2. The molecular formula is C14H17NO3. The largest absolute Gasteiger partial charge is 0.448 e. The molecule has 1 spiro atoms. The monoisotopic (exact) mass is 247 g/mol. The Bertz CT molecular complexity index is 478. The highest BCUT2D eigenvalue weighted by Crippen LogP contribution is 2.47. The summed E-state index contributed by atoms with van der Waals surface area (Å²) in [6.45, 7) is 1.83. The Hall–Kier alpha value is -1.71. The maximum absolute atomic E-state index is 11.3. The lowest BCUT2D eigenvalue weighted by atomic mass is 10.2. The van der Waals surface area contributed by atoms with E-state index in [1.165, 1.54) is 0 Å². The summed E-state index contributed by atoms with van der Waals surface area (Å²) in [5.41, 5.74) is 0.763. The van der Waals surface area contributed by atoms with Crippen molar-refractivity contribution in [3.05, 3.63) is 18.2 Å². The molecule has 3 rings (SSSR count). The fourth-order valence-corrected chi connectivity index (χ4v) is 2.54. The third kappa shape index (κ3) is 1.92. The molecule has 0 saturated heterocycles. The van der Waals surface area contributed by atoms with Crippen molar-refractivity contribution < 1.29 is 14.3 Å². The standard InChI is InChI=1S/C14H17NO3/c1-2-13(16)15-10-5-6-11-12(9-10)18-14(17-11)7-3-4-8-14/h5-6,9H,2-4,7-8H2,1H3,(H,15,16). The predicted molar refractivity (Wildman–Crippen MR) is 67.8 cm³/mol. The molecule has 0 bridgehead atoms. The lowest BCUT2D eigenvalue weighted by Gasteiger charge is -2.21. The first-order valence-corrected chi connectivity index (χ1v) is 6.53. The highest BCUT2D eigenvalue weighted by Gasteiger charge is 2.44. The molecule has 0 atom stereocenters. The minimum absolute atomic E-state index is 0.00412. The number of ether oxygens (including phenoxy) is 2. The van der Waals surface area contributed by atoms with Crippen molar-refractivity contribution >= 4 is 11.6 Å². The summed E-state index contributed by atoms with van der Waals surface area (Å²) in [5.74, 6) is 1.09. The van der Waals surface area contributed by atoms with Crippen molar-refractivity contribution in [2.75, 3.05) is 5.32 Å². The van der Waals surface area contributed by atoms with E-state index in [1.54, 1.807) is 0 Å². The van der Waals surface area contributed by atoms with E-state index in [-0.39, 0.29) is 5.91 Å². The average Bonchev–Trinajstić information content (AvgIpc) is 2.95. The zero-order valence-corrected chi connectivity index (χ0v) is 10.5. The number of carbonyl (C=O) groups is 1. The van der Waals surface area contributed by atoms with Crippen LogP contribution in [0.2, 0.25) is 0 Å². The average molecular weight is 247 g/mol. The van der Waals surface area contributed by atoms with Crippen LogP contribution in [0.3, 0.4) is 0 Å². The topological polar surface area (TPSA) is 47.6 Å². The van der Waals surface area contributed by atoms with Crippen molar-refractivity contribution in [2.45, 2.75) is 44.8 Å². The Kier molecular flexibility index (Phi) is 2.65. The predicted octanol–water partition coefficient (Wildman–Crippen LogP) is 3.08. The first-order chi connectivity index (χ1) is 8.71. The van der Waals surface area contributed by atoms with E-state index in [4.69, 9.17) is 9.47 Å². The van der Waals surface area contributed by atoms with Gasteiger partial charge in [0.05, 0.1) is 0 Å². The van der Waals surface area contributed by atoms with Gasteiger partial charge in [0.2, 0.25) is 5.91 Å². The number of nitrogens with one attached hydrogen (secondary N) is 1. The smallest absolute Gasteiger partial charge is 0.251 e. The molecule has 1 aromatic carbocycles. The normalized spacial score (nSPS) is 19.2. The van der Waals surface area contributed by atoms with Gasteiger partial charge in [-0.15, -0.1) is 0 Å². The number of fused-ring (bicyclic) bond motifs is 1. The van der Waals surface area contributed by atoms with Crippen LogP contribution in [-0.4, -0.2) is 11.7 Å².